The van der Waals surface area contributed by atoms with E-state index in [1.807, 2.05) is 0 Å². The summed E-state index contributed by atoms with van der Waals surface area (Å²) in [6, 6.07) is 0. The molecule has 0 spiro atoms. The number of carbonyl (C=O) groups is 2. The van der Waals surface area contributed by atoms with Gasteiger partial charge in [-0.15, -0.1) is 0 Å². The molecule has 0 radical (unpaired) electrons. The number of unbranched alkanes of at least 4 members (excludes halogenated alkanes) is 28. The third-order valence-corrected chi connectivity index (χ3v) is 8.38. The maximum Gasteiger partial charge on any atom is 2.00 e. The maximum atomic E-state index is 10.6. The van der Waals surface area contributed by atoms with E-state index in [1.54, 1.807) is 0 Å². The molecule has 0 aromatic carbocycles. The van der Waals surface area contributed by atoms with Crippen LogP contribution in [0.1, 0.15) is 219 Å². The zero-order valence-corrected chi connectivity index (χ0v) is 30.2. The fourth-order valence-electron chi connectivity index (χ4n) is 5.28. The molecule has 5 heteroatoms. The summed E-state index contributed by atoms with van der Waals surface area (Å²) in [5.41, 5.74) is 0. The summed E-state index contributed by atoms with van der Waals surface area (Å²) in [5, 5.41) is -0.139. The van der Waals surface area contributed by atoms with Crippen molar-refractivity contribution in [1.82, 2.24) is 0 Å². The molecule has 0 atom stereocenters. The van der Waals surface area contributed by atoms with Crippen LogP contribution in [-0.4, -0.2) is 10.2 Å². The maximum absolute atomic E-state index is 10.6. The molecular formula is C36H70NiO2S2. The Morgan fingerprint density at radius 1 is 0.317 bits per heavy atom. The van der Waals surface area contributed by atoms with Gasteiger partial charge in [0.05, 0.1) is 0 Å². The molecule has 0 unspecified atom stereocenters. The Kier molecular flexibility index (Phi) is 47.3. The third-order valence-electron chi connectivity index (χ3n) is 7.97. The molecule has 2 nitrogen and oxygen atoms in total. The Hall–Kier alpha value is 0.274. The molecule has 0 fully saturated rings. The molecule has 0 saturated heterocycles. The predicted molar refractivity (Wildman–Crippen MR) is 184 cm³/mol. The van der Waals surface area contributed by atoms with Crippen molar-refractivity contribution < 1.29 is 26.1 Å². The smallest absolute Gasteiger partial charge is 0.742 e. The van der Waals surface area contributed by atoms with E-state index in [9.17, 15) is 9.59 Å². The first-order chi connectivity index (χ1) is 19.5. The zero-order chi connectivity index (χ0) is 29.8. The van der Waals surface area contributed by atoms with Gasteiger partial charge in [-0.05, 0) is 25.7 Å². The van der Waals surface area contributed by atoms with Crippen molar-refractivity contribution in [2.24, 2.45) is 0 Å². The Balaban J connectivity index is -0.000000688. The minimum atomic E-state index is -0.0697. The number of rotatable bonds is 32. The first-order valence-corrected chi connectivity index (χ1v) is 18.8. The number of hydrogen-bond acceptors (Lipinski definition) is 4. The zero-order valence-electron chi connectivity index (χ0n) is 27.6. The van der Waals surface area contributed by atoms with E-state index in [4.69, 9.17) is 0 Å². The van der Waals surface area contributed by atoms with Crippen LogP contribution in [0.15, 0.2) is 0 Å². The molecule has 0 N–H and O–H groups in total. The van der Waals surface area contributed by atoms with E-state index in [0.29, 0.717) is 12.8 Å². The van der Waals surface area contributed by atoms with Crippen LogP contribution in [0.3, 0.4) is 0 Å². The van der Waals surface area contributed by atoms with Gasteiger partial charge in [0.15, 0.2) is 0 Å². The van der Waals surface area contributed by atoms with Crippen molar-refractivity contribution in [2.75, 3.05) is 0 Å². The van der Waals surface area contributed by atoms with E-state index in [1.165, 1.54) is 180 Å². The summed E-state index contributed by atoms with van der Waals surface area (Å²) >= 11 is 9.08. The summed E-state index contributed by atoms with van der Waals surface area (Å²) in [4.78, 5) is 21.2. The van der Waals surface area contributed by atoms with E-state index >= 15 is 0 Å². The summed E-state index contributed by atoms with van der Waals surface area (Å²) in [5.74, 6) is 0. The fraction of sp³-hybridized carbons (Fsp3) is 0.944. The topological polar surface area (TPSA) is 34.1 Å². The van der Waals surface area contributed by atoms with Crippen LogP contribution in [0.2, 0.25) is 0 Å². The van der Waals surface area contributed by atoms with Crippen LogP contribution in [0.4, 0.5) is 0 Å². The van der Waals surface area contributed by atoms with E-state index in [-0.39, 0.29) is 26.7 Å². The Morgan fingerprint density at radius 3 is 0.610 bits per heavy atom. The minimum Gasteiger partial charge on any atom is -0.742 e. The van der Waals surface area contributed by atoms with Crippen molar-refractivity contribution in [2.45, 2.75) is 219 Å². The van der Waals surface area contributed by atoms with Gasteiger partial charge in [-0.3, -0.25) is 0 Å². The molecule has 0 aliphatic carbocycles. The third kappa shape index (κ3) is 50.2. The van der Waals surface area contributed by atoms with Gasteiger partial charge in [-0.25, -0.2) is 0 Å². The first-order valence-electron chi connectivity index (χ1n) is 17.9. The molecule has 0 aromatic rings. The predicted octanol–water partition coefficient (Wildman–Crippen LogP) is 12.6. The van der Waals surface area contributed by atoms with Crippen LogP contribution in [0.25, 0.3) is 0 Å². The fourth-order valence-corrected chi connectivity index (χ4v) is 5.57. The molecule has 41 heavy (non-hydrogen) atoms. The Bertz CT molecular complexity index is 458. The SMILES string of the molecule is CCCCCCCCCCCCCCCCCC(=O)[S-].CCCCCCCCCCCCCCCCCC(=O)[S-].[Ni+2]. The molecule has 0 aliphatic rings. The summed E-state index contributed by atoms with van der Waals surface area (Å²) < 4.78 is 0. The molecule has 248 valence electrons. The van der Waals surface area contributed by atoms with Gasteiger partial charge < -0.3 is 34.8 Å². The summed E-state index contributed by atoms with van der Waals surface area (Å²) in [6.45, 7) is 4.55. The molecule has 0 bridgehead atoms. The average Bonchev–Trinajstić information content (AvgIpc) is 2.93. The Morgan fingerprint density at radius 2 is 0.463 bits per heavy atom. The van der Waals surface area contributed by atoms with E-state index < -0.39 is 0 Å². The van der Waals surface area contributed by atoms with Gasteiger partial charge in [-0.1, -0.05) is 194 Å². The first kappa shape index (κ1) is 45.7. The van der Waals surface area contributed by atoms with Gasteiger partial charge in [0.25, 0.3) is 0 Å². The quantitative estimate of drug-likeness (QED) is 0.0410. The molecule has 0 heterocycles. The van der Waals surface area contributed by atoms with Crippen LogP contribution < -0.4 is 0 Å². The largest absolute Gasteiger partial charge is 2.00 e. The molecule has 0 amide bonds. The van der Waals surface area contributed by atoms with Crippen molar-refractivity contribution in [3.63, 3.8) is 0 Å². The van der Waals surface area contributed by atoms with Crippen LogP contribution in [0, 0.1) is 0 Å². The second kappa shape index (κ2) is 42.4. The molecule has 0 saturated carbocycles. The molecular weight excluding hydrogens is 587 g/mol. The normalized spacial score (nSPS) is 10.6. The van der Waals surface area contributed by atoms with Crippen molar-refractivity contribution in [1.29, 1.82) is 0 Å². The van der Waals surface area contributed by atoms with Crippen LogP contribution in [0.5, 0.6) is 0 Å². The van der Waals surface area contributed by atoms with Gasteiger partial charge >= 0.3 is 16.5 Å². The molecule has 0 aromatic heterocycles. The van der Waals surface area contributed by atoms with Crippen molar-refractivity contribution >= 4 is 35.5 Å². The van der Waals surface area contributed by atoms with Gasteiger partial charge in [0.1, 0.15) is 0 Å². The summed E-state index contributed by atoms with van der Waals surface area (Å²) in [6.07, 6.45) is 42.0. The Labute approximate surface area is 279 Å². The monoisotopic (exact) mass is 656 g/mol. The number of hydrogen-bond donors (Lipinski definition) is 0. The van der Waals surface area contributed by atoms with E-state index in [0.717, 1.165) is 12.8 Å². The van der Waals surface area contributed by atoms with Crippen molar-refractivity contribution in [3.8, 4) is 0 Å². The van der Waals surface area contributed by atoms with Crippen molar-refractivity contribution in [3.05, 3.63) is 0 Å². The average molecular weight is 658 g/mol. The second-order valence-electron chi connectivity index (χ2n) is 12.1. The van der Waals surface area contributed by atoms with Crippen LogP contribution in [-0.2, 0) is 51.3 Å². The number of carbonyl (C=O) groups excluding carboxylic acids is 2. The summed E-state index contributed by atoms with van der Waals surface area (Å²) in [7, 11) is 0. The van der Waals surface area contributed by atoms with Crippen LogP contribution >= 0.6 is 0 Å². The standard InChI is InChI=1S/2C18H36OS.Ni/c2*1-2-3-4-5-6-7-8-9-10-11-12-13-14-15-16-17-18(19)20;/h2*2-17H2,1H3,(H,19,20);/q;;+2/p-2. The minimum absolute atomic E-state index is 0. The molecule has 0 aliphatic heterocycles. The van der Waals surface area contributed by atoms with Gasteiger partial charge in [-0.2, -0.15) is 0 Å². The molecule has 0 rings (SSSR count). The van der Waals surface area contributed by atoms with E-state index in [2.05, 4.69) is 39.1 Å². The van der Waals surface area contributed by atoms with Gasteiger partial charge in [0, 0.05) is 10.2 Å². The second-order valence-corrected chi connectivity index (χ2v) is 13.1. The van der Waals surface area contributed by atoms with Gasteiger partial charge in [0.2, 0.25) is 0 Å².